The number of nitrogens with zero attached hydrogens (tertiary/aromatic N) is 1. The van der Waals surface area contributed by atoms with Crippen LogP contribution in [0.25, 0.3) is 0 Å². The summed E-state index contributed by atoms with van der Waals surface area (Å²) in [5, 5.41) is 9.65. The molecule has 0 aliphatic rings. The van der Waals surface area contributed by atoms with Gasteiger partial charge in [0.2, 0.25) is 0 Å². The molecule has 17 heavy (non-hydrogen) atoms. The van der Waals surface area contributed by atoms with E-state index in [9.17, 15) is 9.90 Å². The Kier molecular flexibility index (Phi) is 4.43. The monoisotopic (exact) mass is 235 g/mol. The Balaban J connectivity index is 2.57. The predicted octanol–water partition coefficient (Wildman–Crippen LogP) is 1.88. The van der Waals surface area contributed by atoms with E-state index in [1.54, 1.807) is 13.8 Å². The number of ketones is 1. The summed E-state index contributed by atoms with van der Waals surface area (Å²) in [6, 6.07) is 7.55. The van der Waals surface area contributed by atoms with Crippen LogP contribution in [0, 0.1) is 6.92 Å². The summed E-state index contributed by atoms with van der Waals surface area (Å²) in [5.41, 5.74) is 1.09. The highest BCUT2D eigenvalue weighted by Crippen LogP contribution is 2.07. The van der Waals surface area contributed by atoms with Gasteiger partial charge in [0, 0.05) is 12.1 Å². The zero-order chi connectivity index (χ0) is 13.1. The van der Waals surface area contributed by atoms with Gasteiger partial charge in [0.15, 0.2) is 5.78 Å². The van der Waals surface area contributed by atoms with Crippen molar-refractivity contribution >= 4 is 5.78 Å². The van der Waals surface area contributed by atoms with Crippen LogP contribution < -0.4 is 0 Å². The molecule has 1 aromatic rings. The van der Waals surface area contributed by atoms with Crippen molar-refractivity contribution in [1.29, 1.82) is 0 Å². The maximum absolute atomic E-state index is 11.9. The van der Waals surface area contributed by atoms with E-state index in [4.69, 9.17) is 0 Å². The largest absolute Gasteiger partial charge is 0.389 e. The van der Waals surface area contributed by atoms with Gasteiger partial charge in [-0.1, -0.05) is 29.8 Å². The number of benzene rings is 1. The van der Waals surface area contributed by atoms with Crippen LogP contribution >= 0.6 is 0 Å². The average Bonchev–Trinajstić information content (AvgIpc) is 2.15. The number of rotatable bonds is 5. The smallest absolute Gasteiger partial charge is 0.176 e. The standard InChI is InChI=1S/C14H21NO2/c1-11-5-7-12(8-6-11)13(16)9-15(4)10-14(2,3)17/h5-8,17H,9-10H2,1-4H3. The van der Waals surface area contributed by atoms with Gasteiger partial charge in [-0.05, 0) is 27.8 Å². The number of carbonyl (C=O) groups is 1. The van der Waals surface area contributed by atoms with Gasteiger partial charge in [-0.2, -0.15) is 0 Å². The van der Waals surface area contributed by atoms with Gasteiger partial charge in [0.25, 0.3) is 0 Å². The minimum absolute atomic E-state index is 0.0803. The van der Waals surface area contributed by atoms with Crippen molar-refractivity contribution in [2.24, 2.45) is 0 Å². The third-order valence-corrected chi connectivity index (χ3v) is 2.44. The highest BCUT2D eigenvalue weighted by atomic mass is 16.3. The van der Waals surface area contributed by atoms with E-state index in [-0.39, 0.29) is 5.78 Å². The number of hydrogen-bond donors (Lipinski definition) is 1. The molecule has 0 saturated carbocycles. The Morgan fingerprint density at radius 1 is 1.29 bits per heavy atom. The third-order valence-electron chi connectivity index (χ3n) is 2.44. The molecule has 0 amide bonds. The van der Waals surface area contributed by atoms with Crippen LogP contribution in [0.2, 0.25) is 0 Å². The fraction of sp³-hybridized carbons (Fsp3) is 0.500. The quantitative estimate of drug-likeness (QED) is 0.792. The fourth-order valence-corrected chi connectivity index (χ4v) is 1.79. The Labute approximate surface area is 103 Å². The number of Topliss-reactive ketones (excluding diaryl/α,β-unsaturated/α-hetero) is 1. The van der Waals surface area contributed by atoms with E-state index in [2.05, 4.69) is 0 Å². The number of hydrogen-bond acceptors (Lipinski definition) is 3. The Morgan fingerprint density at radius 2 is 1.82 bits per heavy atom. The van der Waals surface area contributed by atoms with E-state index >= 15 is 0 Å². The lowest BCUT2D eigenvalue weighted by Crippen LogP contribution is -2.38. The first-order valence-electron chi connectivity index (χ1n) is 5.79. The van der Waals surface area contributed by atoms with Crippen LogP contribution in [-0.2, 0) is 0 Å². The van der Waals surface area contributed by atoms with Crippen molar-refractivity contribution in [3.8, 4) is 0 Å². The van der Waals surface area contributed by atoms with Gasteiger partial charge in [0.05, 0.1) is 12.1 Å². The molecule has 0 atom stereocenters. The molecule has 0 unspecified atom stereocenters. The molecule has 0 radical (unpaired) electrons. The summed E-state index contributed by atoms with van der Waals surface area (Å²) in [6.45, 7) is 6.27. The molecule has 1 aromatic carbocycles. The maximum Gasteiger partial charge on any atom is 0.176 e. The summed E-state index contributed by atoms with van der Waals surface area (Å²) in [4.78, 5) is 13.8. The van der Waals surface area contributed by atoms with Crippen molar-refractivity contribution in [2.75, 3.05) is 20.1 Å². The Hall–Kier alpha value is -1.19. The molecule has 0 spiro atoms. The summed E-state index contributed by atoms with van der Waals surface area (Å²) in [7, 11) is 1.84. The highest BCUT2D eigenvalue weighted by Gasteiger charge is 2.17. The van der Waals surface area contributed by atoms with Crippen LogP contribution in [0.4, 0.5) is 0 Å². The summed E-state index contributed by atoms with van der Waals surface area (Å²) >= 11 is 0. The predicted molar refractivity (Wildman–Crippen MR) is 69.3 cm³/mol. The zero-order valence-corrected chi connectivity index (χ0v) is 11.0. The van der Waals surface area contributed by atoms with Crippen LogP contribution in [0.5, 0.6) is 0 Å². The molecule has 0 fully saturated rings. The van der Waals surface area contributed by atoms with Crippen molar-refractivity contribution in [1.82, 2.24) is 4.90 Å². The molecule has 0 bridgehead atoms. The minimum atomic E-state index is -0.775. The summed E-state index contributed by atoms with van der Waals surface area (Å²) in [5.74, 6) is 0.0803. The zero-order valence-electron chi connectivity index (χ0n) is 11.0. The molecule has 0 aliphatic carbocycles. The van der Waals surface area contributed by atoms with E-state index in [0.29, 0.717) is 13.1 Å². The first-order chi connectivity index (χ1) is 7.78. The minimum Gasteiger partial charge on any atom is -0.389 e. The lowest BCUT2D eigenvalue weighted by Gasteiger charge is -2.24. The first-order valence-corrected chi connectivity index (χ1v) is 5.79. The van der Waals surface area contributed by atoms with Gasteiger partial charge >= 0.3 is 0 Å². The van der Waals surface area contributed by atoms with E-state index in [1.165, 1.54) is 0 Å². The number of likely N-dealkylation sites (N-methyl/N-ethyl adjacent to an activating group) is 1. The molecule has 3 heteroatoms. The Bertz CT molecular complexity index is 376. The molecular formula is C14H21NO2. The molecule has 0 saturated heterocycles. The van der Waals surface area contributed by atoms with Crippen LogP contribution in [0.1, 0.15) is 29.8 Å². The lowest BCUT2D eigenvalue weighted by molar-refractivity contribution is 0.0439. The van der Waals surface area contributed by atoms with E-state index in [0.717, 1.165) is 11.1 Å². The molecule has 1 rings (SSSR count). The topological polar surface area (TPSA) is 40.5 Å². The summed E-state index contributed by atoms with van der Waals surface area (Å²) in [6.07, 6.45) is 0. The normalized spacial score (nSPS) is 11.9. The second-order valence-electron chi connectivity index (χ2n) is 5.27. The van der Waals surface area contributed by atoms with Crippen molar-refractivity contribution in [3.05, 3.63) is 35.4 Å². The fourth-order valence-electron chi connectivity index (χ4n) is 1.79. The number of carbonyl (C=O) groups excluding carboxylic acids is 1. The van der Waals surface area contributed by atoms with Crippen LogP contribution in [0.3, 0.4) is 0 Å². The maximum atomic E-state index is 11.9. The van der Waals surface area contributed by atoms with Gasteiger partial charge in [0.1, 0.15) is 0 Å². The van der Waals surface area contributed by atoms with Crippen LogP contribution in [-0.4, -0.2) is 41.5 Å². The highest BCUT2D eigenvalue weighted by molar-refractivity contribution is 5.97. The lowest BCUT2D eigenvalue weighted by atomic mass is 10.1. The molecule has 0 aromatic heterocycles. The van der Waals surface area contributed by atoms with Crippen molar-refractivity contribution < 1.29 is 9.90 Å². The van der Waals surface area contributed by atoms with Gasteiger partial charge in [-0.25, -0.2) is 0 Å². The second-order valence-corrected chi connectivity index (χ2v) is 5.27. The third kappa shape index (κ3) is 5.11. The van der Waals surface area contributed by atoms with Crippen molar-refractivity contribution in [3.63, 3.8) is 0 Å². The molecular weight excluding hydrogens is 214 g/mol. The Morgan fingerprint density at radius 3 is 2.29 bits per heavy atom. The molecule has 94 valence electrons. The van der Waals surface area contributed by atoms with E-state index in [1.807, 2.05) is 43.1 Å². The molecule has 0 heterocycles. The molecule has 0 aliphatic heterocycles. The van der Waals surface area contributed by atoms with Crippen LogP contribution in [0.15, 0.2) is 24.3 Å². The second kappa shape index (κ2) is 5.43. The molecule has 3 nitrogen and oxygen atoms in total. The van der Waals surface area contributed by atoms with Crippen molar-refractivity contribution in [2.45, 2.75) is 26.4 Å². The molecule has 1 N–H and O–H groups in total. The SMILES string of the molecule is Cc1ccc(C(=O)CN(C)CC(C)(C)O)cc1. The average molecular weight is 235 g/mol. The van der Waals surface area contributed by atoms with Gasteiger partial charge < -0.3 is 5.11 Å². The number of aliphatic hydroxyl groups is 1. The van der Waals surface area contributed by atoms with E-state index < -0.39 is 5.60 Å². The van der Waals surface area contributed by atoms with Gasteiger partial charge in [-0.3, -0.25) is 9.69 Å². The summed E-state index contributed by atoms with van der Waals surface area (Å²) < 4.78 is 0. The van der Waals surface area contributed by atoms with Gasteiger partial charge in [-0.15, -0.1) is 0 Å². The number of aryl methyl sites for hydroxylation is 1. The first kappa shape index (κ1) is 13.9.